The predicted molar refractivity (Wildman–Crippen MR) is 306 cm³/mol. The lowest BCUT2D eigenvalue weighted by Crippen LogP contribution is -2.58. The molecular formula is C55H62ClN9O10S4. The number of rotatable bonds is 18. The third kappa shape index (κ3) is 15.6. The summed E-state index contributed by atoms with van der Waals surface area (Å²) in [5.74, 6) is 10.0. The van der Waals surface area contributed by atoms with Crippen LogP contribution >= 0.6 is 45.1 Å². The van der Waals surface area contributed by atoms with Gasteiger partial charge in [0.1, 0.15) is 54.4 Å². The van der Waals surface area contributed by atoms with Crippen molar-refractivity contribution in [1.82, 2.24) is 40.6 Å². The number of hydrogen-bond acceptors (Lipinski definition) is 17. The Hall–Kier alpha value is -6.60. The lowest BCUT2D eigenvalue weighted by atomic mass is 9.85. The van der Waals surface area contributed by atoms with Gasteiger partial charge in [-0.25, -0.2) is 18.2 Å². The van der Waals surface area contributed by atoms with Crippen molar-refractivity contribution in [2.45, 2.75) is 117 Å². The summed E-state index contributed by atoms with van der Waals surface area (Å²) in [7, 11) is -2.79. The number of thiophene rings is 1. The molecule has 2 aromatic carbocycles. The van der Waals surface area contributed by atoms with Gasteiger partial charge < -0.3 is 35.1 Å². The molecule has 5 aromatic rings. The highest BCUT2D eigenvalue weighted by Gasteiger charge is 2.46. The van der Waals surface area contributed by atoms with E-state index in [1.807, 2.05) is 66.9 Å². The summed E-state index contributed by atoms with van der Waals surface area (Å²) in [5.41, 5.74) is 7.23. The van der Waals surface area contributed by atoms with E-state index in [0.717, 1.165) is 60.2 Å². The summed E-state index contributed by atoms with van der Waals surface area (Å²) in [4.78, 5) is 81.2. The van der Waals surface area contributed by atoms with Gasteiger partial charge in [-0.15, -0.1) is 32.9 Å². The summed E-state index contributed by atoms with van der Waals surface area (Å²) in [5, 5.41) is 18.2. The second-order valence-corrected chi connectivity index (χ2v) is 27.3. The Morgan fingerprint density at radius 2 is 1.63 bits per heavy atom. The largest absolute Gasteiger partial charge is 0.508 e. The first kappa shape index (κ1) is 60.0. The predicted octanol–water partition coefficient (Wildman–Crippen LogP) is 7.20. The Morgan fingerprint density at radius 3 is 2.30 bits per heavy atom. The van der Waals surface area contributed by atoms with Gasteiger partial charge in [-0.2, -0.15) is 0 Å². The number of aromatic nitrogens is 4. The van der Waals surface area contributed by atoms with E-state index in [0.29, 0.717) is 27.5 Å². The topological polar surface area (TPSA) is 242 Å². The highest BCUT2D eigenvalue weighted by Crippen LogP contribution is 2.40. The van der Waals surface area contributed by atoms with Crippen LogP contribution in [0.25, 0.3) is 15.4 Å². The zero-order valence-electron chi connectivity index (χ0n) is 45.4. The lowest BCUT2D eigenvalue weighted by molar-refractivity contribution is -0.144. The number of halogens is 1. The first-order valence-corrected chi connectivity index (χ1v) is 30.5. The Labute approximate surface area is 476 Å². The fourth-order valence-corrected chi connectivity index (χ4v) is 13.7. The Bertz CT molecular complexity index is 3360. The number of thiazole rings is 1. The number of aryl methyl sites for hydroxylation is 3. The number of likely N-dealkylation sites (tertiary alicyclic amines) is 1. The molecule has 0 radical (unpaired) electrons. The average molecular weight is 1170 g/mol. The second-order valence-electron chi connectivity index (χ2n) is 20.1. The minimum absolute atomic E-state index is 0.000457. The van der Waals surface area contributed by atoms with E-state index < -0.39 is 80.4 Å². The van der Waals surface area contributed by atoms with Gasteiger partial charge >= 0.3 is 6.16 Å². The number of aliphatic imine (C=N–C) groups is 1. The quantitative estimate of drug-likeness (QED) is 0.0340. The van der Waals surface area contributed by atoms with E-state index >= 15 is 0 Å². The fraction of sp³-hybridized carbons (Fsp3) is 0.436. The molecule has 19 nitrogen and oxygen atoms in total. The number of benzene rings is 2. The molecule has 24 heteroatoms. The molecule has 3 N–H and O–H groups in total. The van der Waals surface area contributed by atoms with Gasteiger partial charge in [-0.05, 0) is 98.4 Å². The maximum atomic E-state index is 14.5. The normalized spacial score (nSPS) is 17.0. The molecule has 0 saturated carbocycles. The molecule has 2 aliphatic rings. The number of carbonyl (C=O) groups excluding carboxylic acids is 5. The van der Waals surface area contributed by atoms with Crippen LogP contribution in [0, 0.1) is 56.8 Å². The number of fused-ring (bicyclic) bond motifs is 3. The maximum absolute atomic E-state index is 14.5. The van der Waals surface area contributed by atoms with Gasteiger partial charge in [-0.1, -0.05) is 80.6 Å². The standard InChI is InChI=1S/C55H62ClN9O10S4/c1-31-34(4)77-53-46(31)47(38-19-21-40(56)22-20-38)60-42(50-63-62-36(6)65(50)53)26-44(66)57-23-13-11-12-14-24-73-29-45(67)61-49(55(7,8)9)52(69)64-28-41(75-54(70)74-33(3)35(5)78-79(10,71)72)25-43(64)51(68)58-27-37-15-17-39(18-16-37)48-32(2)59-30-76-48/h15-22,30,33,35,41-43,49H,23-29H2,1-10H3,(H,57,66)(H,58,68)(H,61,67)/t33?,35?,41-,42+,43+,49-/m1/s1. The third-order valence-corrected chi connectivity index (χ3v) is 18.4. The number of nitrogens with one attached hydrogen (secondary N) is 3. The molecule has 1 saturated heterocycles. The van der Waals surface area contributed by atoms with E-state index in [1.54, 1.807) is 44.5 Å². The van der Waals surface area contributed by atoms with Crippen LogP contribution in [0.2, 0.25) is 5.02 Å². The highest BCUT2D eigenvalue weighted by molar-refractivity contribution is 8.72. The van der Waals surface area contributed by atoms with Crippen LogP contribution in [0.15, 0.2) is 59.0 Å². The van der Waals surface area contributed by atoms with Crippen LogP contribution < -0.4 is 16.0 Å². The van der Waals surface area contributed by atoms with Gasteiger partial charge in [-0.3, -0.25) is 28.7 Å². The number of hydrogen-bond donors (Lipinski definition) is 3. The smallest absolute Gasteiger partial charge is 0.430 e. The molecule has 5 heterocycles. The molecule has 2 unspecified atom stereocenters. The molecule has 418 valence electrons. The minimum Gasteiger partial charge on any atom is -0.430 e. The van der Waals surface area contributed by atoms with Gasteiger partial charge in [0, 0.05) is 40.2 Å². The SMILES string of the molecule is Cc1ncsc1-c1ccc(CNC(=O)[C@@H]2C[C@@H](OC(=O)OC(C)C(C)SS(C)(=O)=O)CN2C(=O)[C@@H](NC(=O)COCC#CC#CCNC(=O)C[C@@H]2N=C(c3ccc(Cl)cc3)c3c(sc(C)c3C)-n3c(C)nnc32)C(C)(C)C)cc1. The average Bonchev–Trinajstić information content (AvgIpc) is 4.38. The van der Waals surface area contributed by atoms with Crippen molar-refractivity contribution in [3.63, 3.8) is 0 Å². The summed E-state index contributed by atoms with van der Waals surface area (Å²) >= 11 is 9.39. The molecule has 2 aliphatic heterocycles. The van der Waals surface area contributed by atoms with Crippen molar-refractivity contribution >= 4 is 89.4 Å². The van der Waals surface area contributed by atoms with Gasteiger partial charge in [0.2, 0.25) is 23.6 Å². The molecule has 0 bridgehead atoms. The molecule has 1 fully saturated rings. The van der Waals surface area contributed by atoms with Crippen LogP contribution in [0.4, 0.5) is 4.79 Å². The molecule has 3 aromatic heterocycles. The van der Waals surface area contributed by atoms with E-state index in [9.17, 15) is 32.4 Å². The van der Waals surface area contributed by atoms with Crippen molar-refractivity contribution in [3.8, 4) is 39.1 Å². The third-order valence-electron chi connectivity index (χ3n) is 13.0. The maximum Gasteiger partial charge on any atom is 0.508 e. The number of ether oxygens (including phenoxy) is 3. The monoisotopic (exact) mass is 1170 g/mol. The van der Waals surface area contributed by atoms with E-state index in [4.69, 9.17) is 30.8 Å². The van der Waals surface area contributed by atoms with Gasteiger partial charge in [0.05, 0.1) is 46.6 Å². The van der Waals surface area contributed by atoms with Crippen LogP contribution in [-0.2, 0) is 48.8 Å². The summed E-state index contributed by atoms with van der Waals surface area (Å²) < 4.78 is 42.2. The Balaban J connectivity index is 0.935. The van der Waals surface area contributed by atoms with Crippen LogP contribution in [0.3, 0.4) is 0 Å². The van der Waals surface area contributed by atoms with Crippen molar-refractivity contribution in [3.05, 3.63) is 104 Å². The molecule has 79 heavy (non-hydrogen) atoms. The molecule has 6 atom stereocenters. The zero-order chi connectivity index (χ0) is 57.3. The first-order valence-electron chi connectivity index (χ1n) is 25.2. The number of amides is 4. The van der Waals surface area contributed by atoms with E-state index in [2.05, 4.69) is 68.7 Å². The number of carbonyl (C=O) groups is 5. The van der Waals surface area contributed by atoms with Crippen molar-refractivity contribution in [2.24, 2.45) is 10.4 Å². The van der Waals surface area contributed by atoms with Crippen LogP contribution in [-0.4, -0.2) is 131 Å². The Kier molecular flexibility index (Phi) is 19.9. The molecular weight excluding hydrogens is 1110 g/mol. The van der Waals surface area contributed by atoms with Crippen LogP contribution in [0.1, 0.15) is 98.0 Å². The zero-order valence-corrected chi connectivity index (χ0v) is 49.4. The van der Waals surface area contributed by atoms with Crippen molar-refractivity contribution in [2.75, 3.05) is 32.6 Å². The molecule has 4 amide bonds. The molecule has 0 aliphatic carbocycles. The lowest BCUT2D eigenvalue weighted by Gasteiger charge is -2.35. The van der Waals surface area contributed by atoms with E-state index in [-0.39, 0.29) is 45.0 Å². The Morgan fingerprint density at radius 1 is 0.937 bits per heavy atom. The van der Waals surface area contributed by atoms with Crippen molar-refractivity contribution in [1.29, 1.82) is 0 Å². The van der Waals surface area contributed by atoms with Crippen LogP contribution in [0.5, 0.6) is 0 Å². The summed E-state index contributed by atoms with van der Waals surface area (Å²) in [6.07, 6.45) is -1.97. The molecule has 0 spiro atoms. The number of nitrogens with zero attached hydrogens (tertiary/aromatic N) is 6. The summed E-state index contributed by atoms with van der Waals surface area (Å²) in [6.45, 7) is 15.6. The fourth-order valence-electron chi connectivity index (χ4n) is 8.70. The minimum atomic E-state index is -3.44. The van der Waals surface area contributed by atoms with Gasteiger partial charge in [0.15, 0.2) is 14.7 Å². The first-order chi connectivity index (χ1) is 37.4. The molecule has 7 rings (SSSR count). The summed E-state index contributed by atoms with van der Waals surface area (Å²) in [6, 6.07) is 12.2. The van der Waals surface area contributed by atoms with E-state index in [1.165, 1.54) is 23.2 Å². The van der Waals surface area contributed by atoms with Gasteiger partial charge in [0.25, 0.3) is 0 Å². The highest BCUT2D eigenvalue weighted by atomic mass is 35.5. The second kappa shape index (κ2) is 26.1. The van der Waals surface area contributed by atoms with Crippen molar-refractivity contribution < 1.29 is 46.6 Å².